The predicted octanol–water partition coefficient (Wildman–Crippen LogP) is 3.52. The van der Waals surface area contributed by atoms with Gasteiger partial charge < -0.3 is 9.84 Å². The molecule has 2 aliphatic heterocycles. The molecule has 1 fully saturated rings. The molecule has 2 aromatic carbocycles. The van der Waals surface area contributed by atoms with Gasteiger partial charge >= 0.3 is 0 Å². The fourth-order valence-electron chi connectivity index (χ4n) is 4.99. The highest BCUT2D eigenvalue weighted by atomic mass is 35.5. The Morgan fingerprint density at radius 1 is 1.05 bits per heavy atom. The van der Waals surface area contributed by atoms with Crippen LogP contribution in [0.1, 0.15) is 27.2 Å². The highest BCUT2D eigenvalue weighted by Crippen LogP contribution is 2.46. The van der Waals surface area contributed by atoms with E-state index in [9.17, 15) is 14.7 Å². The first-order valence-electron chi connectivity index (χ1n) is 12.3. The summed E-state index contributed by atoms with van der Waals surface area (Å²) in [6.45, 7) is 2.09. The number of aliphatic hydroxyl groups is 1. The molecule has 3 aromatic rings. The number of carbonyl (C=O) groups excluding carboxylic acids is 2. The molecular weight excluding hydrogens is 529 g/mol. The molecule has 0 bridgehead atoms. The monoisotopic (exact) mass is 555 g/mol. The molecule has 0 aliphatic carbocycles. The summed E-state index contributed by atoms with van der Waals surface area (Å²) in [5.41, 5.74) is 1.43. The van der Waals surface area contributed by atoms with Gasteiger partial charge in [0.05, 0.1) is 18.2 Å². The van der Waals surface area contributed by atoms with Crippen LogP contribution < -0.4 is 0 Å². The second-order valence-corrected chi connectivity index (χ2v) is 10.2. The minimum Gasteiger partial charge on any atom is -0.384 e. The lowest BCUT2D eigenvalue weighted by molar-refractivity contribution is -0.180. The van der Waals surface area contributed by atoms with Gasteiger partial charge in [-0.05, 0) is 41.5 Å². The zero-order valence-corrected chi connectivity index (χ0v) is 22.1. The van der Waals surface area contributed by atoms with Gasteiger partial charge in [0.25, 0.3) is 5.91 Å². The first-order chi connectivity index (χ1) is 18.4. The Hall–Kier alpha value is -2.85. The number of β-amino-alcohol motifs (C(OH)–C–C–N with tert-alkyl or cyclic N) is 1. The van der Waals surface area contributed by atoms with Crippen molar-refractivity contribution in [1.82, 2.24) is 14.9 Å². The summed E-state index contributed by atoms with van der Waals surface area (Å²) >= 11 is 12.3. The van der Waals surface area contributed by atoms with Gasteiger partial charge in [-0.1, -0.05) is 53.5 Å². The number of pyridine rings is 1. The third-order valence-electron chi connectivity index (χ3n) is 6.92. The number of Topliss-reactive ketones (excluding diaryl/α,β-unsaturated/α-hetero) is 1. The van der Waals surface area contributed by atoms with Crippen molar-refractivity contribution in [1.29, 1.82) is 0 Å². The summed E-state index contributed by atoms with van der Waals surface area (Å²) in [5.74, 6) is -0.908. The van der Waals surface area contributed by atoms with E-state index in [0.29, 0.717) is 53.2 Å². The van der Waals surface area contributed by atoms with Crippen molar-refractivity contribution in [2.75, 3.05) is 39.5 Å². The number of carbonyl (C=O) groups is 2. The average Bonchev–Trinajstić information content (AvgIpc) is 3.17. The van der Waals surface area contributed by atoms with Crippen molar-refractivity contribution in [2.24, 2.45) is 0 Å². The van der Waals surface area contributed by atoms with Crippen LogP contribution in [0.15, 0.2) is 66.9 Å². The van der Waals surface area contributed by atoms with Crippen molar-refractivity contribution in [2.45, 2.75) is 18.1 Å². The molecule has 5 rings (SSSR count). The molecule has 0 radical (unpaired) electrons. The summed E-state index contributed by atoms with van der Waals surface area (Å²) in [6, 6.07) is 17.9. The lowest BCUT2D eigenvalue weighted by Crippen LogP contribution is -2.49. The van der Waals surface area contributed by atoms with Crippen molar-refractivity contribution in [3.8, 4) is 0 Å². The quantitative estimate of drug-likeness (QED) is 0.431. The smallest absolute Gasteiger partial charge is 0.279 e. The van der Waals surface area contributed by atoms with E-state index in [2.05, 4.69) is 4.98 Å². The molecule has 1 saturated heterocycles. The maximum absolute atomic E-state index is 13.7. The van der Waals surface area contributed by atoms with Crippen LogP contribution in [-0.4, -0.2) is 77.3 Å². The van der Waals surface area contributed by atoms with Crippen molar-refractivity contribution in [3.63, 3.8) is 0 Å². The SMILES string of the molecule is O=C(CON1C(=O)c2ccccc2[C@@]1(Cc1ccc(Cl)cn1)c1ccc(Cl)cc1)C(O)CN1CCOCC1. The standard InChI is InChI=1S/C28H27Cl2N3O5/c29-20-7-5-19(6-8-20)28(15-22-10-9-21(30)16-31-22)24-4-2-1-3-23(24)27(36)33(28)38-18-26(35)25(34)17-32-11-13-37-14-12-32/h1-10,16,25,34H,11-15,17-18H2/t25?,28-/m1/s1. The lowest BCUT2D eigenvalue weighted by Gasteiger charge is -2.38. The molecule has 2 aliphatic rings. The van der Waals surface area contributed by atoms with Crippen LogP contribution in [0.4, 0.5) is 0 Å². The van der Waals surface area contributed by atoms with Crippen LogP contribution in [0.25, 0.3) is 0 Å². The van der Waals surface area contributed by atoms with Crippen molar-refractivity contribution < 1.29 is 24.3 Å². The number of rotatable bonds is 9. The number of morpholine rings is 1. The minimum absolute atomic E-state index is 0.177. The first-order valence-corrected chi connectivity index (χ1v) is 13.1. The van der Waals surface area contributed by atoms with Crippen LogP contribution in [0.3, 0.4) is 0 Å². The zero-order chi connectivity index (χ0) is 26.7. The molecule has 2 atom stereocenters. The third-order valence-corrected chi connectivity index (χ3v) is 7.40. The summed E-state index contributed by atoms with van der Waals surface area (Å²) in [7, 11) is 0. The topological polar surface area (TPSA) is 92.2 Å². The fourth-order valence-corrected chi connectivity index (χ4v) is 5.22. The molecule has 1 aromatic heterocycles. The number of amides is 1. The molecule has 1 amide bonds. The number of aromatic nitrogens is 1. The van der Waals surface area contributed by atoms with E-state index in [1.807, 2.05) is 29.2 Å². The Balaban J connectivity index is 1.49. The number of ketones is 1. The van der Waals surface area contributed by atoms with Crippen LogP contribution in [0.2, 0.25) is 10.0 Å². The molecule has 0 saturated carbocycles. The fraction of sp³-hybridized carbons (Fsp3) is 0.321. The van der Waals surface area contributed by atoms with E-state index >= 15 is 0 Å². The number of aliphatic hydroxyl groups excluding tert-OH is 1. The van der Waals surface area contributed by atoms with Gasteiger partial charge in [-0.15, -0.1) is 0 Å². The zero-order valence-electron chi connectivity index (χ0n) is 20.6. The maximum atomic E-state index is 13.7. The molecule has 8 nitrogen and oxygen atoms in total. The Morgan fingerprint density at radius 3 is 2.47 bits per heavy atom. The van der Waals surface area contributed by atoms with Gasteiger partial charge in [0.2, 0.25) is 0 Å². The Bertz CT molecular complexity index is 1300. The summed E-state index contributed by atoms with van der Waals surface area (Å²) in [4.78, 5) is 39.1. The number of ether oxygens (including phenoxy) is 1. The molecule has 10 heteroatoms. The van der Waals surface area contributed by atoms with Gasteiger partial charge in [-0.2, -0.15) is 0 Å². The largest absolute Gasteiger partial charge is 0.384 e. The summed E-state index contributed by atoms with van der Waals surface area (Å²) < 4.78 is 5.33. The highest BCUT2D eigenvalue weighted by molar-refractivity contribution is 6.30. The average molecular weight is 556 g/mol. The molecule has 1 N–H and O–H groups in total. The molecule has 1 unspecified atom stereocenters. The molecule has 3 heterocycles. The lowest BCUT2D eigenvalue weighted by atomic mass is 9.79. The Labute approximate surface area is 230 Å². The number of hydrogen-bond donors (Lipinski definition) is 1. The minimum atomic E-state index is -1.25. The van der Waals surface area contributed by atoms with Crippen LogP contribution in [-0.2, 0) is 26.3 Å². The third kappa shape index (κ3) is 5.33. The molecule has 0 spiro atoms. The summed E-state index contributed by atoms with van der Waals surface area (Å²) in [5, 5.41) is 12.8. The number of hydroxylamine groups is 2. The van der Waals surface area contributed by atoms with Crippen molar-refractivity contribution >= 4 is 34.9 Å². The molecule has 38 heavy (non-hydrogen) atoms. The van der Waals surface area contributed by atoms with Crippen LogP contribution in [0, 0.1) is 0 Å². The van der Waals surface area contributed by atoms with E-state index in [1.165, 1.54) is 5.06 Å². The molecule has 198 valence electrons. The van der Waals surface area contributed by atoms with Gasteiger partial charge in [-0.3, -0.25) is 24.3 Å². The van der Waals surface area contributed by atoms with Gasteiger partial charge in [0.15, 0.2) is 5.78 Å². The highest BCUT2D eigenvalue weighted by Gasteiger charge is 2.52. The second-order valence-electron chi connectivity index (χ2n) is 9.33. The van der Waals surface area contributed by atoms with Gasteiger partial charge in [0, 0.05) is 48.5 Å². The number of fused-ring (bicyclic) bond motifs is 1. The van der Waals surface area contributed by atoms with E-state index in [0.717, 1.165) is 5.56 Å². The van der Waals surface area contributed by atoms with Crippen molar-refractivity contribution in [3.05, 3.63) is 99.3 Å². The molecular formula is C28H27Cl2N3O5. The van der Waals surface area contributed by atoms with E-state index < -0.39 is 24.0 Å². The normalized spacial score (nSPS) is 20.4. The number of benzene rings is 2. The van der Waals surface area contributed by atoms with Crippen LogP contribution in [0.5, 0.6) is 0 Å². The Morgan fingerprint density at radius 2 is 1.76 bits per heavy atom. The Kier molecular flexibility index (Phi) is 8.09. The van der Waals surface area contributed by atoms with E-state index in [-0.39, 0.29) is 18.9 Å². The first kappa shape index (κ1) is 26.7. The number of hydrogen-bond acceptors (Lipinski definition) is 7. The second kappa shape index (κ2) is 11.5. The van der Waals surface area contributed by atoms with Crippen LogP contribution >= 0.6 is 23.2 Å². The van der Waals surface area contributed by atoms with E-state index in [1.54, 1.807) is 42.6 Å². The number of halogens is 2. The maximum Gasteiger partial charge on any atom is 0.279 e. The summed E-state index contributed by atoms with van der Waals surface area (Å²) in [6.07, 6.45) is 0.543. The number of nitrogens with zero attached hydrogens (tertiary/aromatic N) is 3. The van der Waals surface area contributed by atoms with Gasteiger partial charge in [-0.25, -0.2) is 5.06 Å². The predicted molar refractivity (Wildman–Crippen MR) is 142 cm³/mol. The van der Waals surface area contributed by atoms with E-state index in [4.69, 9.17) is 32.8 Å². The van der Waals surface area contributed by atoms with Gasteiger partial charge in [0.1, 0.15) is 18.2 Å².